The molecule has 1 aromatic carbocycles. The van der Waals surface area contributed by atoms with Crippen LogP contribution in [-0.4, -0.2) is 21.3 Å². The minimum Gasteiger partial charge on any atom is -0.478 e. The minimum atomic E-state index is -4.58. The highest BCUT2D eigenvalue weighted by atomic mass is 127. The average Bonchev–Trinajstić information content (AvgIpc) is 2.58. The van der Waals surface area contributed by atoms with Crippen molar-refractivity contribution in [1.29, 1.82) is 0 Å². The first-order valence-corrected chi connectivity index (χ1v) is 5.36. The lowest BCUT2D eigenvalue weighted by atomic mass is 10.1. The first-order valence-electron chi connectivity index (χ1n) is 4.29. The van der Waals surface area contributed by atoms with Crippen molar-refractivity contribution in [2.24, 2.45) is 0 Å². The van der Waals surface area contributed by atoms with E-state index < -0.39 is 23.3 Å². The number of carboxylic acid groups (broad SMARTS) is 1. The molecular weight excluding hydrogens is 352 g/mol. The molecular formula is C9H4F3IN2O2. The number of benzene rings is 1. The quantitative estimate of drug-likeness (QED) is 0.773. The van der Waals surface area contributed by atoms with Crippen LogP contribution in [0.4, 0.5) is 13.2 Å². The van der Waals surface area contributed by atoms with E-state index in [0.29, 0.717) is 9.77 Å². The molecule has 1 aromatic heterocycles. The van der Waals surface area contributed by atoms with Crippen molar-refractivity contribution < 1.29 is 23.1 Å². The van der Waals surface area contributed by atoms with Crippen molar-refractivity contribution in [3.05, 3.63) is 27.0 Å². The summed E-state index contributed by atoms with van der Waals surface area (Å²) in [7, 11) is 0. The van der Waals surface area contributed by atoms with Gasteiger partial charge in [-0.3, -0.25) is 5.10 Å². The zero-order valence-electron chi connectivity index (χ0n) is 7.97. The maximum absolute atomic E-state index is 12.6. The van der Waals surface area contributed by atoms with Gasteiger partial charge in [0, 0.05) is 5.39 Å². The Morgan fingerprint density at radius 1 is 1.41 bits per heavy atom. The first-order chi connectivity index (χ1) is 7.80. The molecule has 1 heterocycles. The maximum atomic E-state index is 12.6. The predicted molar refractivity (Wildman–Crippen MR) is 60.8 cm³/mol. The Morgan fingerprint density at radius 3 is 2.59 bits per heavy atom. The Bertz CT molecular complexity index is 606. The Hall–Kier alpha value is -1.32. The molecule has 2 aromatic rings. The van der Waals surface area contributed by atoms with Crippen LogP contribution in [-0.2, 0) is 6.18 Å². The molecule has 0 atom stereocenters. The summed E-state index contributed by atoms with van der Waals surface area (Å²) in [6.45, 7) is 0. The molecule has 0 saturated carbocycles. The van der Waals surface area contributed by atoms with E-state index >= 15 is 0 Å². The maximum Gasteiger partial charge on any atom is 0.416 e. The van der Waals surface area contributed by atoms with Gasteiger partial charge in [-0.2, -0.15) is 18.3 Å². The Kier molecular flexibility index (Phi) is 2.76. The number of aromatic nitrogens is 2. The zero-order chi connectivity index (χ0) is 12.8. The van der Waals surface area contributed by atoms with Crippen LogP contribution >= 0.6 is 22.6 Å². The number of carbonyl (C=O) groups is 1. The molecule has 0 aliphatic carbocycles. The highest BCUT2D eigenvalue weighted by molar-refractivity contribution is 14.1. The Labute approximate surface area is 106 Å². The van der Waals surface area contributed by atoms with Crippen LogP contribution in [0.25, 0.3) is 10.9 Å². The summed E-state index contributed by atoms with van der Waals surface area (Å²) in [5.74, 6) is -1.44. The molecule has 2 N–H and O–H groups in total. The van der Waals surface area contributed by atoms with E-state index in [-0.39, 0.29) is 10.9 Å². The van der Waals surface area contributed by atoms with Crippen LogP contribution in [0.3, 0.4) is 0 Å². The lowest BCUT2D eigenvalue weighted by Crippen LogP contribution is -2.08. The van der Waals surface area contributed by atoms with Gasteiger partial charge in [0.2, 0.25) is 0 Å². The Morgan fingerprint density at radius 2 is 2.06 bits per heavy atom. The molecule has 0 aliphatic heterocycles. The molecule has 0 bridgehead atoms. The summed E-state index contributed by atoms with van der Waals surface area (Å²) in [5, 5.41) is 15.1. The van der Waals surface area contributed by atoms with E-state index in [1.54, 1.807) is 22.6 Å². The minimum absolute atomic E-state index is 0.0231. The number of hydrogen-bond acceptors (Lipinski definition) is 2. The van der Waals surface area contributed by atoms with E-state index in [1.165, 1.54) is 0 Å². The van der Waals surface area contributed by atoms with Gasteiger partial charge in [0.1, 0.15) is 9.22 Å². The third kappa shape index (κ3) is 2.08. The molecule has 0 fully saturated rings. The number of halogens is 4. The number of nitrogens with zero attached hydrogens (tertiary/aromatic N) is 1. The second kappa shape index (κ2) is 3.86. The fourth-order valence-electron chi connectivity index (χ4n) is 1.41. The molecule has 0 unspecified atom stereocenters. The second-order valence-electron chi connectivity index (χ2n) is 3.26. The summed E-state index contributed by atoms with van der Waals surface area (Å²) >= 11 is 1.76. The van der Waals surface area contributed by atoms with Crippen LogP contribution in [0.2, 0.25) is 0 Å². The number of hydrogen-bond donors (Lipinski definition) is 2. The van der Waals surface area contributed by atoms with Crippen LogP contribution in [0.15, 0.2) is 12.1 Å². The molecule has 90 valence electrons. The van der Waals surface area contributed by atoms with Gasteiger partial charge in [-0.25, -0.2) is 4.79 Å². The van der Waals surface area contributed by atoms with E-state index in [9.17, 15) is 18.0 Å². The highest BCUT2D eigenvalue weighted by Crippen LogP contribution is 2.33. The number of aromatic carboxylic acids is 1. The normalized spacial score (nSPS) is 12.0. The number of aromatic amines is 1. The molecule has 17 heavy (non-hydrogen) atoms. The summed E-state index contributed by atoms with van der Waals surface area (Å²) in [5.41, 5.74) is -1.44. The smallest absolute Gasteiger partial charge is 0.416 e. The molecule has 0 radical (unpaired) electrons. The third-order valence-corrected chi connectivity index (χ3v) is 2.99. The molecule has 2 rings (SSSR count). The van der Waals surface area contributed by atoms with Gasteiger partial charge in [0.25, 0.3) is 0 Å². The van der Waals surface area contributed by atoms with Crippen molar-refractivity contribution in [1.82, 2.24) is 10.2 Å². The number of H-pyrrole nitrogens is 1. The lowest BCUT2D eigenvalue weighted by Gasteiger charge is -2.07. The van der Waals surface area contributed by atoms with Crippen molar-refractivity contribution in [3.8, 4) is 0 Å². The third-order valence-electron chi connectivity index (χ3n) is 2.17. The van der Waals surface area contributed by atoms with Crippen LogP contribution in [0.5, 0.6) is 0 Å². The summed E-state index contributed by atoms with van der Waals surface area (Å²) in [6.07, 6.45) is -4.58. The van der Waals surface area contributed by atoms with E-state index in [1.807, 2.05) is 0 Å². The van der Waals surface area contributed by atoms with Crippen LogP contribution in [0.1, 0.15) is 15.9 Å². The van der Waals surface area contributed by atoms with Gasteiger partial charge in [0.05, 0.1) is 11.1 Å². The molecule has 0 amide bonds. The van der Waals surface area contributed by atoms with Gasteiger partial charge in [-0.05, 0) is 34.7 Å². The fourth-order valence-corrected chi connectivity index (χ4v) is 1.95. The average molecular weight is 356 g/mol. The Balaban J connectivity index is 2.83. The SMILES string of the molecule is O=C(O)c1cc(C(F)(F)F)cc2c(I)[nH]nc12. The number of nitrogens with one attached hydrogen (secondary N) is 1. The van der Waals surface area contributed by atoms with Crippen LogP contribution < -0.4 is 0 Å². The standard InChI is InChI=1S/C9H4F3IN2O2/c10-9(11,12)3-1-4-6(14-15-7(4)13)5(2-3)8(16)17/h1-2H,(H,14,15)(H,16,17). The summed E-state index contributed by atoms with van der Waals surface area (Å²) < 4.78 is 38.1. The predicted octanol–water partition coefficient (Wildman–Crippen LogP) is 2.88. The number of carboxylic acids is 1. The van der Waals surface area contributed by atoms with E-state index in [4.69, 9.17) is 5.11 Å². The number of rotatable bonds is 1. The number of fused-ring (bicyclic) bond motifs is 1. The molecule has 0 spiro atoms. The second-order valence-corrected chi connectivity index (χ2v) is 4.34. The first kappa shape index (κ1) is 12.1. The monoisotopic (exact) mass is 356 g/mol. The van der Waals surface area contributed by atoms with Crippen molar-refractivity contribution in [3.63, 3.8) is 0 Å². The molecule has 0 aliphatic rings. The van der Waals surface area contributed by atoms with Crippen molar-refractivity contribution >= 4 is 39.5 Å². The van der Waals surface area contributed by atoms with Gasteiger partial charge >= 0.3 is 12.1 Å². The summed E-state index contributed by atoms with van der Waals surface area (Å²) in [6, 6.07) is 1.47. The largest absolute Gasteiger partial charge is 0.478 e. The van der Waals surface area contributed by atoms with Gasteiger partial charge in [-0.15, -0.1) is 0 Å². The number of alkyl halides is 3. The van der Waals surface area contributed by atoms with Crippen molar-refractivity contribution in [2.75, 3.05) is 0 Å². The highest BCUT2D eigenvalue weighted by Gasteiger charge is 2.32. The zero-order valence-corrected chi connectivity index (χ0v) is 10.1. The molecule has 0 saturated heterocycles. The lowest BCUT2D eigenvalue weighted by molar-refractivity contribution is -0.137. The fraction of sp³-hybridized carbons (Fsp3) is 0.111. The molecule has 8 heteroatoms. The van der Waals surface area contributed by atoms with Gasteiger partial charge < -0.3 is 5.11 Å². The van der Waals surface area contributed by atoms with Crippen LogP contribution in [0, 0.1) is 3.70 Å². The summed E-state index contributed by atoms with van der Waals surface area (Å²) in [4.78, 5) is 10.9. The van der Waals surface area contributed by atoms with Crippen molar-refractivity contribution in [2.45, 2.75) is 6.18 Å². The van der Waals surface area contributed by atoms with Gasteiger partial charge in [0.15, 0.2) is 0 Å². The van der Waals surface area contributed by atoms with Gasteiger partial charge in [-0.1, -0.05) is 0 Å². The molecule has 4 nitrogen and oxygen atoms in total. The van der Waals surface area contributed by atoms with E-state index in [0.717, 1.165) is 6.07 Å². The topological polar surface area (TPSA) is 66.0 Å². The van der Waals surface area contributed by atoms with E-state index in [2.05, 4.69) is 10.2 Å².